The third-order valence-electron chi connectivity index (χ3n) is 7.59. The number of aromatic nitrogens is 2. The number of hydrogen-bond acceptors (Lipinski definition) is 6. The van der Waals surface area contributed by atoms with E-state index in [9.17, 15) is 18.4 Å². The fraction of sp³-hybridized carbons (Fsp3) is 0.414. The number of ether oxygens (including phenoxy) is 1. The van der Waals surface area contributed by atoms with Crippen molar-refractivity contribution in [2.45, 2.75) is 32.2 Å². The van der Waals surface area contributed by atoms with Crippen molar-refractivity contribution in [1.82, 2.24) is 14.5 Å². The lowest BCUT2D eigenvalue weighted by molar-refractivity contribution is 0.101. The van der Waals surface area contributed by atoms with Crippen LogP contribution in [-0.2, 0) is 7.05 Å². The number of carbonyl (C=O) groups is 1. The van der Waals surface area contributed by atoms with Gasteiger partial charge in [-0.2, -0.15) is 0 Å². The first-order valence-electron chi connectivity index (χ1n) is 13.3. The highest BCUT2D eigenvalue weighted by Gasteiger charge is 2.27. The Hall–Kier alpha value is -3.86. The van der Waals surface area contributed by atoms with Gasteiger partial charge in [-0.25, -0.2) is 18.2 Å². The summed E-state index contributed by atoms with van der Waals surface area (Å²) in [7, 11) is 3.39. The number of amides is 1. The number of rotatable bonds is 8. The van der Waals surface area contributed by atoms with Crippen molar-refractivity contribution in [1.29, 1.82) is 0 Å². The maximum absolute atomic E-state index is 15.6. The number of piperazine rings is 1. The maximum atomic E-state index is 15.6. The summed E-state index contributed by atoms with van der Waals surface area (Å²) < 4.78 is 49.8. The Labute approximate surface area is 230 Å². The summed E-state index contributed by atoms with van der Waals surface area (Å²) in [6.07, 6.45) is 1.86. The molecule has 2 aliphatic rings. The predicted octanol–water partition coefficient (Wildman–Crippen LogP) is 4.71. The Kier molecular flexibility index (Phi) is 7.84. The number of alkyl halides is 2. The number of benzene rings is 1. The van der Waals surface area contributed by atoms with E-state index in [4.69, 9.17) is 4.74 Å². The summed E-state index contributed by atoms with van der Waals surface area (Å²) in [5.74, 6) is -0.327. The van der Waals surface area contributed by atoms with Crippen molar-refractivity contribution < 1.29 is 22.7 Å². The van der Waals surface area contributed by atoms with Gasteiger partial charge in [-0.1, -0.05) is 0 Å². The van der Waals surface area contributed by atoms with Gasteiger partial charge in [0, 0.05) is 73.9 Å². The second-order valence-corrected chi connectivity index (χ2v) is 10.6. The molecule has 0 radical (unpaired) electrons. The van der Waals surface area contributed by atoms with Crippen LogP contribution in [0.5, 0.6) is 5.88 Å². The number of nitrogens with zero attached hydrogens (tertiary/aromatic N) is 4. The van der Waals surface area contributed by atoms with E-state index in [0.29, 0.717) is 42.7 Å². The zero-order valence-corrected chi connectivity index (χ0v) is 22.7. The monoisotopic (exact) mass is 555 g/mol. The standard InChI is InChI=1S/C29H32F3N5O3/c1-17-14-37(9-8-35(17)2)25-12-23(30)20(19-6-7-26(33-13-19)40-16-18-4-5-18)10-24(25)34-29(39)22-15-36(3)27(38)11-21(22)28(31)32/h6-7,10-13,15,17-18,28H,4-5,8-9,14,16H2,1-3H3,(H,34,39). The number of hydrogen-bond donors (Lipinski definition) is 1. The highest BCUT2D eigenvalue weighted by molar-refractivity contribution is 6.07. The van der Waals surface area contributed by atoms with Crippen LogP contribution in [0.15, 0.2) is 47.5 Å². The number of carbonyl (C=O) groups excluding carboxylic acids is 1. The Balaban J connectivity index is 1.51. The molecular formula is C29H32F3N5O3. The van der Waals surface area contributed by atoms with E-state index < -0.39 is 29.3 Å². The summed E-state index contributed by atoms with van der Waals surface area (Å²) in [5, 5.41) is 2.73. The number of likely N-dealkylation sites (N-methyl/N-ethyl adjacent to an activating group) is 1. The van der Waals surface area contributed by atoms with Gasteiger partial charge >= 0.3 is 0 Å². The highest BCUT2D eigenvalue weighted by atomic mass is 19.3. The molecule has 3 aromatic rings. The fourth-order valence-corrected chi connectivity index (χ4v) is 4.73. The van der Waals surface area contributed by atoms with E-state index >= 15 is 4.39 Å². The molecule has 1 saturated carbocycles. The first-order valence-corrected chi connectivity index (χ1v) is 13.3. The van der Waals surface area contributed by atoms with Gasteiger partial charge in [0.05, 0.1) is 23.5 Å². The van der Waals surface area contributed by atoms with E-state index in [0.717, 1.165) is 36.2 Å². The summed E-state index contributed by atoms with van der Waals surface area (Å²) in [6, 6.07) is 7.15. The van der Waals surface area contributed by atoms with E-state index in [1.54, 1.807) is 12.1 Å². The van der Waals surface area contributed by atoms with Crippen molar-refractivity contribution in [3.05, 3.63) is 70.0 Å². The van der Waals surface area contributed by atoms with E-state index in [1.807, 2.05) is 18.9 Å². The molecule has 40 heavy (non-hydrogen) atoms. The maximum Gasteiger partial charge on any atom is 0.264 e. The van der Waals surface area contributed by atoms with Crippen molar-refractivity contribution in [3.63, 3.8) is 0 Å². The molecule has 0 bridgehead atoms. The predicted molar refractivity (Wildman–Crippen MR) is 147 cm³/mol. The van der Waals surface area contributed by atoms with E-state index in [-0.39, 0.29) is 22.9 Å². The molecule has 8 nitrogen and oxygen atoms in total. The van der Waals surface area contributed by atoms with E-state index in [1.165, 1.54) is 25.4 Å². The third kappa shape index (κ3) is 5.99. The number of nitrogens with one attached hydrogen (secondary N) is 1. The number of aryl methyl sites for hydroxylation is 1. The molecule has 3 heterocycles. The van der Waals surface area contributed by atoms with Crippen LogP contribution < -0.4 is 20.5 Å². The Bertz CT molecular complexity index is 1460. The molecule has 11 heteroatoms. The van der Waals surface area contributed by atoms with Gasteiger partial charge in [0.2, 0.25) is 5.88 Å². The molecular weight excluding hydrogens is 523 g/mol. The van der Waals surface area contributed by atoms with Gasteiger partial charge < -0.3 is 24.4 Å². The second-order valence-electron chi connectivity index (χ2n) is 10.6. The average Bonchev–Trinajstić information content (AvgIpc) is 3.76. The van der Waals surface area contributed by atoms with Crippen molar-refractivity contribution in [3.8, 4) is 17.0 Å². The van der Waals surface area contributed by atoms with Gasteiger partial charge in [0.25, 0.3) is 17.9 Å². The minimum atomic E-state index is -3.02. The molecule has 1 amide bonds. The van der Waals surface area contributed by atoms with Crippen LogP contribution in [0.3, 0.4) is 0 Å². The molecule has 1 aliphatic carbocycles. The average molecular weight is 556 g/mol. The van der Waals surface area contributed by atoms with Crippen LogP contribution in [-0.4, -0.2) is 59.7 Å². The topological polar surface area (TPSA) is 79.7 Å². The minimum absolute atomic E-state index is 0.168. The summed E-state index contributed by atoms with van der Waals surface area (Å²) in [5.41, 5.74) is -0.280. The van der Waals surface area contributed by atoms with Crippen molar-refractivity contribution in [2.24, 2.45) is 13.0 Å². The quantitative estimate of drug-likeness (QED) is 0.434. The van der Waals surface area contributed by atoms with Crippen LogP contribution in [0.2, 0.25) is 0 Å². The first kappa shape index (κ1) is 27.7. The minimum Gasteiger partial charge on any atom is -0.477 e. The molecule has 5 rings (SSSR count). The fourth-order valence-electron chi connectivity index (χ4n) is 4.73. The first-order chi connectivity index (χ1) is 19.1. The Morgan fingerprint density at radius 2 is 1.95 bits per heavy atom. The number of halogens is 3. The molecule has 1 aromatic carbocycles. The van der Waals surface area contributed by atoms with Crippen molar-refractivity contribution in [2.75, 3.05) is 43.5 Å². The summed E-state index contributed by atoms with van der Waals surface area (Å²) in [4.78, 5) is 33.8. The second kappa shape index (κ2) is 11.3. The molecule has 1 aliphatic heterocycles. The normalized spacial score (nSPS) is 17.8. The largest absolute Gasteiger partial charge is 0.477 e. The zero-order valence-electron chi connectivity index (χ0n) is 22.7. The lowest BCUT2D eigenvalue weighted by Crippen LogP contribution is -2.50. The van der Waals surface area contributed by atoms with Crippen molar-refractivity contribution >= 4 is 17.3 Å². The van der Waals surface area contributed by atoms with Crippen LogP contribution in [0.1, 0.15) is 42.1 Å². The van der Waals surface area contributed by atoms with Crippen LogP contribution >= 0.6 is 0 Å². The Morgan fingerprint density at radius 3 is 2.60 bits per heavy atom. The highest BCUT2D eigenvalue weighted by Crippen LogP contribution is 2.36. The van der Waals surface area contributed by atoms with Gasteiger partial charge in [0.15, 0.2) is 0 Å². The molecule has 1 saturated heterocycles. The SMILES string of the molecule is CC1CN(c2cc(F)c(-c3ccc(OCC4CC4)nc3)cc2NC(=O)c2cn(C)c(=O)cc2C(F)F)CCN1C. The summed E-state index contributed by atoms with van der Waals surface area (Å²) in [6.45, 7) is 4.53. The molecule has 1 unspecified atom stereocenters. The van der Waals surface area contributed by atoms with Gasteiger partial charge in [-0.15, -0.1) is 0 Å². The van der Waals surface area contributed by atoms with Crippen LogP contribution in [0, 0.1) is 11.7 Å². The molecule has 212 valence electrons. The zero-order chi connectivity index (χ0) is 28.6. The lowest BCUT2D eigenvalue weighted by Gasteiger charge is -2.39. The molecule has 2 fully saturated rings. The van der Waals surface area contributed by atoms with E-state index in [2.05, 4.69) is 15.2 Å². The third-order valence-corrected chi connectivity index (χ3v) is 7.59. The summed E-state index contributed by atoms with van der Waals surface area (Å²) >= 11 is 0. The van der Waals surface area contributed by atoms with Gasteiger partial charge in [0.1, 0.15) is 5.82 Å². The van der Waals surface area contributed by atoms with Gasteiger partial charge in [-0.3, -0.25) is 9.59 Å². The number of pyridine rings is 2. The van der Waals surface area contributed by atoms with Gasteiger partial charge in [-0.05, 0) is 50.9 Å². The van der Waals surface area contributed by atoms with Crippen LogP contribution in [0.25, 0.3) is 11.1 Å². The molecule has 1 N–H and O–H groups in total. The lowest BCUT2D eigenvalue weighted by atomic mass is 10.0. The van der Waals surface area contributed by atoms with Crippen LogP contribution in [0.4, 0.5) is 24.5 Å². The molecule has 1 atom stereocenters. The Morgan fingerprint density at radius 1 is 1.18 bits per heavy atom. The smallest absolute Gasteiger partial charge is 0.264 e. The molecule has 2 aromatic heterocycles. The molecule has 0 spiro atoms. The number of anilines is 2.